The van der Waals surface area contributed by atoms with Gasteiger partial charge in [0.05, 0.1) is 12.0 Å². The van der Waals surface area contributed by atoms with Gasteiger partial charge in [0, 0.05) is 30.2 Å². The standard InChI is InChI=1S/C17H17F3N2O5/c18-17(19,20)27-11-2-1-10-7-13(21-12(10)8-11)15(25)22-16(9-14(23)24)3-5-26-6-4-16/h1-2,7-8,21H,3-6,9H2,(H,22,25)(H,23,24). The Kier molecular flexibility index (Phi) is 5.01. The molecule has 1 aromatic heterocycles. The summed E-state index contributed by atoms with van der Waals surface area (Å²) in [6.07, 6.45) is -4.34. The molecule has 10 heteroatoms. The molecule has 0 atom stereocenters. The molecule has 1 fully saturated rings. The summed E-state index contributed by atoms with van der Waals surface area (Å²) in [6.45, 7) is 0.663. The van der Waals surface area contributed by atoms with Gasteiger partial charge in [0.15, 0.2) is 0 Å². The van der Waals surface area contributed by atoms with E-state index in [1.807, 2.05) is 0 Å². The van der Waals surface area contributed by atoms with Gasteiger partial charge in [0.1, 0.15) is 11.4 Å². The van der Waals surface area contributed by atoms with Crippen molar-refractivity contribution >= 4 is 22.8 Å². The maximum absolute atomic E-state index is 12.6. The molecule has 3 rings (SSSR count). The summed E-state index contributed by atoms with van der Waals surface area (Å²) in [5.41, 5.74) is -0.519. The number of fused-ring (bicyclic) bond motifs is 1. The largest absolute Gasteiger partial charge is 0.573 e. The number of aliphatic carboxylic acids is 1. The minimum Gasteiger partial charge on any atom is -0.481 e. The molecular formula is C17H17F3N2O5. The van der Waals surface area contributed by atoms with Gasteiger partial charge in [0.25, 0.3) is 5.91 Å². The van der Waals surface area contributed by atoms with Crippen molar-refractivity contribution < 1.29 is 37.3 Å². The summed E-state index contributed by atoms with van der Waals surface area (Å²) in [4.78, 5) is 26.5. The van der Waals surface area contributed by atoms with Crippen LogP contribution in [0.25, 0.3) is 10.9 Å². The molecule has 7 nitrogen and oxygen atoms in total. The zero-order chi connectivity index (χ0) is 19.7. The maximum Gasteiger partial charge on any atom is 0.573 e. The summed E-state index contributed by atoms with van der Waals surface area (Å²) in [7, 11) is 0. The molecule has 0 unspecified atom stereocenters. The second-order valence-corrected chi connectivity index (χ2v) is 6.40. The molecule has 0 aliphatic carbocycles. The van der Waals surface area contributed by atoms with Crippen LogP contribution in [-0.4, -0.2) is 47.1 Å². The molecule has 2 aromatic rings. The number of benzene rings is 1. The maximum atomic E-state index is 12.6. The van der Waals surface area contributed by atoms with Crippen molar-refractivity contribution in [2.24, 2.45) is 0 Å². The first-order valence-corrected chi connectivity index (χ1v) is 8.16. The number of halogens is 3. The predicted molar refractivity (Wildman–Crippen MR) is 87.5 cm³/mol. The van der Waals surface area contributed by atoms with Crippen LogP contribution in [0.4, 0.5) is 13.2 Å². The van der Waals surface area contributed by atoms with Crippen LogP contribution in [-0.2, 0) is 9.53 Å². The van der Waals surface area contributed by atoms with E-state index in [9.17, 15) is 22.8 Å². The van der Waals surface area contributed by atoms with Gasteiger partial charge in [-0.05, 0) is 31.0 Å². The summed E-state index contributed by atoms with van der Waals surface area (Å²) in [5.74, 6) is -1.98. The number of hydrogen-bond donors (Lipinski definition) is 3. The van der Waals surface area contributed by atoms with Crippen molar-refractivity contribution in [2.45, 2.75) is 31.2 Å². The van der Waals surface area contributed by atoms with Gasteiger partial charge in [-0.25, -0.2) is 0 Å². The van der Waals surface area contributed by atoms with E-state index in [0.717, 1.165) is 12.1 Å². The lowest BCUT2D eigenvalue weighted by atomic mass is 9.86. The molecule has 0 saturated carbocycles. The lowest BCUT2D eigenvalue weighted by Gasteiger charge is -2.36. The smallest absolute Gasteiger partial charge is 0.481 e. The molecule has 1 aliphatic rings. The van der Waals surface area contributed by atoms with E-state index in [2.05, 4.69) is 15.0 Å². The molecule has 2 heterocycles. The quantitative estimate of drug-likeness (QED) is 0.734. The van der Waals surface area contributed by atoms with Crippen molar-refractivity contribution in [3.8, 4) is 5.75 Å². The third kappa shape index (κ3) is 4.70. The third-order valence-electron chi connectivity index (χ3n) is 4.39. The Labute approximate surface area is 151 Å². The highest BCUT2D eigenvalue weighted by molar-refractivity contribution is 5.98. The number of aromatic amines is 1. The van der Waals surface area contributed by atoms with Gasteiger partial charge in [0.2, 0.25) is 0 Å². The number of aromatic nitrogens is 1. The van der Waals surface area contributed by atoms with Crippen molar-refractivity contribution in [1.82, 2.24) is 10.3 Å². The Hall–Kier alpha value is -2.75. The number of carboxylic acids is 1. The number of carboxylic acid groups (broad SMARTS) is 1. The normalized spacial score (nSPS) is 16.9. The third-order valence-corrected chi connectivity index (χ3v) is 4.39. The predicted octanol–water partition coefficient (Wildman–Crippen LogP) is 2.82. The number of rotatable bonds is 5. The molecule has 1 aliphatic heterocycles. The SMILES string of the molecule is O=C(O)CC1(NC(=O)c2cc3ccc(OC(F)(F)F)cc3[nH]2)CCOCC1. The molecule has 0 radical (unpaired) electrons. The Balaban J connectivity index is 1.81. The number of ether oxygens (including phenoxy) is 2. The van der Waals surface area contributed by atoms with Crippen LogP contribution in [0.2, 0.25) is 0 Å². The summed E-state index contributed by atoms with van der Waals surface area (Å²) >= 11 is 0. The summed E-state index contributed by atoms with van der Waals surface area (Å²) in [5, 5.41) is 12.4. The highest BCUT2D eigenvalue weighted by Crippen LogP contribution is 2.28. The number of H-pyrrole nitrogens is 1. The summed E-state index contributed by atoms with van der Waals surface area (Å²) in [6, 6.07) is 5.16. The Morgan fingerprint density at radius 3 is 2.59 bits per heavy atom. The molecule has 0 spiro atoms. The average molecular weight is 386 g/mol. The first kappa shape index (κ1) is 19.0. The Bertz CT molecular complexity index is 856. The first-order valence-electron chi connectivity index (χ1n) is 8.16. The average Bonchev–Trinajstić information content (AvgIpc) is 2.96. The van der Waals surface area contributed by atoms with Gasteiger partial charge in [-0.1, -0.05) is 0 Å². The van der Waals surface area contributed by atoms with Crippen molar-refractivity contribution in [2.75, 3.05) is 13.2 Å². The molecule has 1 amide bonds. The second-order valence-electron chi connectivity index (χ2n) is 6.40. The highest BCUT2D eigenvalue weighted by atomic mass is 19.4. The van der Waals surface area contributed by atoms with Gasteiger partial charge < -0.3 is 24.9 Å². The number of carbonyl (C=O) groups excluding carboxylic acids is 1. The van der Waals surface area contributed by atoms with Crippen LogP contribution in [0.1, 0.15) is 29.8 Å². The van der Waals surface area contributed by atoms with Crippen LogP contribution < -0.4 is 10.1 Å². The van der Waals surface area contributed by atoms with E-state index in [0.29, 0.717) is 37.0 Å². The fraction of sp³-hybridized carbons (Fsp3) is 0.412. The van der Waals surface area contributed by atoms with E-state index < -0.39 is 29.5 Å². The van der Waals surface area contributed by atoms with Gasteiger partial charge >= 0.3 is 12.3 Å². The molecular weight excluding hydrogens is 369 g/mol. The van der Waals surface area contributed by atoms with E-state index >= 15 is 0 Å². The van der Waals surface area contributed by atoms with Crippen molar-refractivity contribution in [3.63, 3.8) is 0 Å². The fourth-order valence-corrected chi connectivity index (χ4v) is 3.13. The van der Waals surface area contributed by atoms with E-state index in [1.165, 1.54) is 12.1 Å². The van der Waals surface area contributed by atoms with E-state index in [4.69, 9.17) is 9.84 Å². The number of hydrogen-bond acceptors (Lipinski definition) is 4. The van der Waals surface area contributed by atoms with Crippen molar-refractivity contribution in [1.29, 1.82) is 0 Å². The van der Waals surface area contributed by atoms with Gasteiger partial charge in [-0.15, -0.1) is 13.2 Å². The molecule has 146 valence electrons. The molecule has 0 bridgehead atoms. The van der Waals surface area contributed by atoms with E-state index in [-0.39, 0.29) is 12.1 Å². The minimum absolute atomic E-state index is 0.116. The van der Waals surface area contributed by atoms with Crippen LogP contribution >= 0.6 is 0 Å². The monoisotopic (exact) mass is 386 g/mol. The highest BCUT2D eigenvalue weighted by Gasteiger charge is 2.37. The summed E-state index contributed by atoms with van der Waals surface area (Å²) < 4.78 is 46.1. The molecule has 1 saturated heterocycles. The molecule has 27 heavy (non-hydrogen) atoms. The van der Waals surface area contributed by atoms with Crippen LogP contribution in [0.5, 0.6) is 5.75 Å². The van der Waals surface area contributed by atoms with Crippen LogP contribution in [0.3, 0.4) is 0 Å². The van der Waals surface area contributed by atoms with Gasteiger partial charge in [-0.3, -0.25) is 9.59 Å². The van der Waals surface area contributed by atoms with Crippen molar-refractivity contribution in [3.05, 3.63) is 30.0 Å². The number of alkyl halides is 3. The Morgan fingerprint density at radius 2 is 1.96 bits per heavy atom. The topological polar surface area (TPSA) is 101 Å². The van der Waals surface area contributed by atoms with Crippen LogP contribution in [0, 0.1) is 0 Å². The Morgan fingerprint density at radius 1 is 1.26 bits per heavy atom. The molecule has 3 N–H and O–H groups in total. The number of nitrogens with one attached hydrogen (secondary N) is 2. The number of amides is 1. The number of carbonyl (C=O) groups is 2. The second kappa shape index (κ2) is 7.10. The fourth-order valence-electron chi connectivity index (χ4n) is 3.13. The lowest BCUT2D eigenvalue weighted by molar-refractivity contribution is -0.274. The molecule has 1 aromatic carbocycles. The minimum atomic E-state index is -4.81. The first-order chi connectivity index (χ1) is 12.7. The van der Waals surface area contributed by atoms with Gasteiger partial charge in [-0.2, -0.15) is 0 Å². The zero-order valence-electron chi connectivity index (χ0n) is 14.1. The lowest BCUT2D eigenvalue weighted by Crippen LogP contribution is -2.53. The zero-order valence-corrected chi connectivity index (χ0v) is 14.1. The van der Waals surface area contributed by atoms with Crippen LogP contribution in [0.15, 0.2) is 24.3 Å². The van der Waals surface area contributed by atoms with E-state index in [1.54, 1.807) is 0 Å².